The lowest BCUT2D eigenvalue weighted by atomic mass is 9.96. The molecular formula is C26H32N2O5. The van der Waals surface area contributed by atoms with Crippen LogP contribution in [0.15, 0.2) is 48.5 Å². The Labute approximate surface area is 195 Å². The van der Waals surface area contributed by atoms with Gasteiger partial charge >= 0.3 is 5.97 Å². The van der Waals surface area contributed by atoms with Crippen LogP contribution in [-0.4, -0.2) is 61.6 Å². The molecule has 7 nitrogen and oxygen atoms in total. The molecular weight excluding hydrogens is 420 g/mol. The number of esters is 1. The van der Waals surface area contributed by atoms with Crippen molar-refractivity contribution in [3.8, 4) is 11.5 Å². The number of likely N-dealkylation sites (tertiary alicyclic amines) is 1. The molecule has 0 bridgehead atoms. The number of hydrogen-bond acceptors (Lipinski definition) is 6. The van der Waals surface area contributed by atoms with Gasteiger partial charge in [-0.05, 0) is 55.8 Å². The minimum atomic E-state index is -0.101. The molecule has 0 aromatic heterocycles. The van der Waals surface area contributed by atoms with Gasteiger partial charge in [-0.2, -0.15) is 0 Å². The van der Waals surface area contributed by atoms with E-state index in [-0.39, 0.29) is 17.8 Å². The average Bonchev–Trinajstić information content (AvgIpc) is 3.07. The van der Waals surface area contributed by atoms with E-state index in [1.165, 1.54) is 12.7 Å². The topological polar surface area (TPSA) is 68.3 Å². The Morgan fingerprint density at radius 2 is 1.85 bits per heavy atom. The van der Waals surface area contributed by atoms with Gasteiger partial charge in [-0.15, -0.1) is 0 Å². The molecule has 2 aliphatic rings. The molecule has 176 valence electrons. The molecule has 0 radical (unpaired) electrons. The van der Waals surface area contributed by atoms with E-state index in [9.17, 15) is 9.59 Å². The summed E-state index contributed by atoms with van der Waals surface area (Å²) in [6.07, 6.45) is 1.99. The Morgan fingerprint density at radius 1 is 1.06 bits per heavy atom. The number of carbonyl (C=O) groups excluding carboxylic acids is 2. The first-order chi connectivity index (χ1) is 16.1. The summed E-state index contributed by atoms with van der Waals surface area (Å²) in [5, 5.41) is 0. The minimum Gasteiger partial charge on any atom is -0.493 e. The van der Waals surface area contributed by atoms with Crippen molar-refractivity contribution in [3.63, 3.8) is 0 Å². The van der Waals surface area contributed by atoms with E-state index < -0.39 is 0 Å². The van der Waals surface area contributed by atoms with Gasteiger partial charge in [0, 0.05) is 18.7 Å². The van der Waals surface area contributed by atoms with Crippen LogP contribution in [0.2, 0.25) is 0 Å². The molecule has 7 heteroatoms. The molecule has 0 spiro atoms. The maximum atomic E-state index is 12.8. The number of fused-ring (bicyclic) bond motifs is 1. The minimum absolute atomic E-state index is 0.0112. The molecule has 4 rings (SSSR count). The molecule has 0 unspecified atom stereocenters. The van der Waals surface area contributed by atoms with Gasteiger partial charge in [0.2, 0.25) is 5.91 Å². The Morgan fingerprint density at radius 3 is 2.61 bits per heavy atom. The Kier molecular flexibility index (Phi) is 7.83. The SMILES string of the molecule is COC(=O)C1CCN(Cc2ccc3c(c2)CN(C(=O)CCOc2ccccc2)CCO3)CC1. The molecule has 2 aromatic rings. The lowest BCUT2D eigenvalue weighted by Crippen LogP contribution is -2.36. The molecule has 33 heavy (non-hydrogen) atoms. The van der Waals surface area contributed by atoms with Gasteiger partial charge in [-0.3, -0.25) is 14.5 Å². The highest BCUT2D eigenvalue weighted by Gasteiger charge is 2.26. The summed E-state index contributed by atoms with van der Waals surface area (Å²) in [5.41, 5.74) is 2.22. The molecule has 2 heterocycles. The largest absolute Gasteiger partial charge is 0.493 e. The zero-order chi connectivity index (χ0) is 23.0. The van der Waals surface area contributed by atoms with E-state index >= 15 is 0 Å². The summed E-state index contributed by atoms with van der Waals surface area (Å²) in [4.78, 5) is 28.8. The first kappa shape index (κ1) is 23.1. The highest BCUT2D eigenvalue weighted by molar-refractivity contribution is 5.76. The van der Waals surface area contributed by atoms with Gasteiger partial charge in [0.1, 0.15) is 18.1 Å². The van der Waals surface area contributed by atoms with Crippen LogP contribution in [0.5, 0.6) is 11.5 Å². The highest BCUT2D eigenvalue weighted by atomic mass is 16.5. The van der Waals surface area contributed by atoms with Gasteiger partial charge in [-0.1, -0.05) is 24.3 Å². The Bertz CT molecular complexity index is 941. The number of benzene rings is 2. The van der Waals surface area contributed by atoms with Crippen LogP contribution in [0.1, 0.15) is 30.4 Å². The molecule has 1 saturated heterocycles. The number of nitrogens with zero attached hydrogens (tertiary/aromatic N) is 2. The van der Waals surface area contributed by atoms with Crippen LogP contribution in [-0.2, 0) is 27.4 Å². The fourth-order valence-corrected chi connectivity index (χ4v) is 4.44. The lowest BCUT2D eigenvalue weighted by molar-refractivity contribution is -0.147. The van der Waals surface area contributed by atoms with Crippen LogP contribution >= 0.6 is 0 Å². The number of ether oxygens (including phenoxy) is 3. The van der Waals surface area contributed by atoms with E-state index in [2.05, 4.69) is 17.0 Å². The monoisotopic (exact) mass is 452 g/mol. The normalized spacial score (nSPS) is 16.9. The fraction of sp³-hybridized carbons (Fsp3) is 0.462. The zero-order valence-corrected chi connectivity index (χ0v) is 19.2. The van der Waals surface area contributed by atoms with Crippen molar-refractivity contribution >= 4 is 11.9 Å². The van der Waals surface area contributed by atoms with E-state index in [0.717, 1.165) is 49.5 Å². The maximum Gasteiger partial charge on any atom is 0.308 e. The standard InChI is InChI=1S/C26H32N2O5/c1-31-26(30)21-9-12-27(13-10-21)18-20-7-8-24-22(17-20)19-28(14-16-33-24)25(29)11-15-32-23-5-3-2-4-6-23/h2-8,17,21H,9-16,18-19H2,1H3. The van der Waals surface area contributed by atoms with Gasteiger partial charge in [0.05, 0.1) is 32.6 Å². The van der Waals surface area contributed by atoms with E-state index in [4.69, 9.17) is 14.2 Å². The van der Waals surface area contributed by atoms with Gasteiger partial charge < -0.3 is 19.1 Å². The molecule has 0 N–H and O–H groups in total. The van der Waals surface area contributed by atoms with Gasteiger partial charge in [0.25, 0.3) is 0 Å². The molecule has 2 aromatic carbocycles. The van der Waals surface area contributed by atoms with Crippen molar-refractivity contribution in [2.45, 2.75) is 32.4 Å². The zero-order valence-electron chi connectivity index (χ0n) is 19.2. The third kappa shape index (κ3) is 6.26. The van der Waals surface area contributed by atoms with Crippen LogP contribution in [0.4, 0.5) is 0 Å². The molecule has 1 amide bonds. The van der Waals surface area contributed by atoms with E-state index in [0.29, 0.717) is 32.7 Å². The van der Waals surface area contributed by atoms with E-state index in [1.807, 2.05) is 41.3 Å². The first-order valence-electron chi connectivity index (χ1n) is 11.6. The molecule has 0 saturated carbocycles. The van der Waals surface area contributed by atoms with Crippen LogP contribution < -0.4 is 9.47 Å². The number of piperidine rings is 1. The number of amides is 1. The van der Waals surface area contributed by atoms with Crippen LogP contribution in [0.25, 0.3) is 0 Å². The smallest absolute Gasteiger partial charge is 0.308 e. The number of carbonyl (C=O) groups is 2. The predicted molar refractivity (Wildman–Crippen MR) is 124 cm³/mol. The number of hydrogen-bond donors (Lipinski definition) is 0. The van der Waals surface area contributed by atoms with Gasteiger partial charge in [0.15, 0.2) is 0 Å². The van der Waals surface area contributed by atoms with Crippen molar-refractivity contribution in [2.75, 3.05) is 40.0 Å². The second-order valence-corrected chi connectivity index (χ2v) is 8.59. The highest BCUT2D eigenvalue weighted by Crippen LogP contribution is 2.27. The summed E-state index contributed by atoms with van der Waals surface area (Å²) in [6.45, 7) is 4.51. The fourth-order valence-electron chi connectivity index (χ4n) is 4.44. The number of methoxy groups -OCH3 is 1. The second-order valence-electron chi connectivity index (χ2n) is 8.59. The maximum absolute atomic E-state index is 12.8. The predicted octanol–water partition coefficient (Wildman–Crippen LogP) is 3.26. The third-order valence-corrected chi connectivity index (χ3v) is 6.31. The summed E-state index contributed by atoms with van der Waals surface area (Å²) < 4.78 is 16.5. The molecule has 2 aliphatic heterocycles. The van der Waals surface area contributed by atoms with Crippen molar-refractivity contribution in [3.05, 3.63) is 59.7 Å². The average molecular weight is 453 g/mol. The summed E-state index contributed by atoms with van der Waals surface area (Å²) >= 11 is 0. The summed E-state index contributed by atoms with van der Waals surface area (Å²) in [7, 11) is 1.46. The van der Waals surface area contributed by atoms with E-state index in [1.54, 1.807) is 0 Å². The van der Waals surface area contributed by atoms with Gasteiger partial charge in [-0.25, -0.2) is 0 Å². The quantitative estimate of drug-likeness (QED) is 0.601. The van der Waals surface area contributed by atoms with Crippen molar-refractivity contribution in [2.24, 2.45) is 5.92 Å². The third-order valence-electron chi connectivity index (χ3n) is 6.31. The first-order valence-corrected chi connectivity index (χ1v) is 11.6. The van der Waals surface area contributed by atoms with Crippen molar-refractivity contribution < 1.29 is 23.8 Å². The van der Waals surface area contributed by atoms with Crippen molar-refractivity contribution in [1.29, 1.82) is 0 Å². The van der Waals surface area contributed by atoms with Crippen LogP contribution in [0.3, 0.4) is 0 Å². The summed E-state index contributed by atoms with van der Waals surface area (Å²) in [5.74, 6) is 1.60. The Balaban J connectivity index is 1.31. The summed E-state index contributed by atoms with van der Waals surface area (Å²) in [6, 6.07) is 15.8. The molecule has 0 aliphatic carbocycles. The molecule has 1 fully saturated rings. The Hall–Kier alpha value is -3.06. The van der Waals surface area contributed by atoms with Crippen molar-refractivity contribution in [1.82, 2.24) is 9.80 Å². The second kappa shape index (κ2) is 11.2. The number of rotatable bonds is 7. The lowest BCUT2D eigenvalue weighted by Gasteiger charge is -2.30. The molecule has 0 atom stereocenters. The van der Waals surface area contributed by atoms with Crippen LogP contribution in [0, 0.1) is 5.92 Å². The number of para-hydroxylation sites is 1.